The standard InChI is InChI=1S/C12H14N2O3S/c1-15-10-4-7(8(13)5-11(10)16-2)9-6-18-12(14-9)17-3/h4-6H,13H2,1-3H3. The third-order valence-electron chi connectivity index (χ3n) is 2.49. The van der Waals surface area contributed by atoms with Crippen LogP contribution in [0, 0.1) is 0 Å². The Morgan fingerprint density at radius 3 is 2.28 bits per heavy atom. The number of aromatic nitrogens is 1. The maximum Gasteiger partial charge on any atom is 0.273 e. The average Bonchev–Trinajstić information content (AvgIpc) is 2.86. The predicted molar refractivity (Wildman–Crippen MR) is 71.6 cm³/mol. The minimum absolute atomic E-state index is 0.584. The minimum Gasteiger partial charge on any atom is -0.493 e. The summed E-state index contributed by atoms with van der Waals surface area (Å²) in [6.45, 7) is 0. The van der Waals surface area contributed by atoms with Crippen LogP contribution in [-0.4, -0.2) is 26.3 Å². The lowest BCUT2D eigenvalue weighted by Gasteiger charge is -2.11. The number of benzene rings is 1. The summed E-state index contributed by atoms with van der Waals surface area (Å²) in [6.07, 6.45) is 0. The molecule has 0 radical (unpaired) electrons. The maximum absolute atomic E-state index is 5.99. The van der Waals surface area contributed by atoms with Gasteiger partial charge >= 0.3 is 0 Å². The van der Waals surface area contributed by atoms with Gasteiger partial charge in [0.2, 0.25) is 0 Å². The van der Waals surface area contributed by atoms with Crippen LogP contribution >= 0.6 is 11.3 Å². The molecule has 0 aliphatic rings. The summed E-state index contributed by atoms with van der Waals surface area (Å²) < 4.78 is 15.5. The number of rotatable bonds is 4. The highest BCUT2D eigenvalue weighted by atomic mass is 32.1. The molecule has 18 heavy (non-hydrogen) atoms. The van der Waals surface area contributed by atoms with E-state index in [-0.39, 0.29) is 0 Å². The Kier molecular flexibility index (Phi) is 3.57. The van der Waals surface area contributed by atoms with Gasteiger partial charge in [0.25, 0.3) is 5.19 Å². The molecule has 0 unspecified atom stereocenters. The molecule has 2 rings (SSSR count). The first kappa shape index (κ1) is 12.5. The average molecular weight is 266 g/mol. The summed E-state index contributed by atoms with van der Waals surface area (Å²) >= 11 is 1.42. The molecule has 0 spiro atoms. The third kappa shape index (κ3) is 2.19. The fourth-order valence-electron chi connectivity index (χ4n) is 1.59. The molecule has 5 nitrogen and oxygen atoms in total. The van der Waals surface area contributed by atoms with E-state index in [9.17, 15) is 0 Å². The number of hydrogen-bond acceptors (Lipinski definition) is 6. The number of ether oxygens (including phenoxy) is 3. The molecule has 1 heterocycles. The van der Waals surface area contributed by atoms with Crippen molar-refractivity contribution in [3.05, 3.63) is 17.5 Å². The zero-order chi connectivity index (χ0) is 13.1. The number of nitrogen functional groups attached to an aromatic ring is 1. The molecule has 0 saturated heterocycles. The molecular weight excluding hydrogens is 252 g/mol. The number of thiazole rings is 1. The van der Waals surface area contributed by atoms with Crippen molar-refractivity contribution in [1.29, 1.82) is 0 Å². The van der Waals surface area contributed by atoms with E-state index in [2.05, 4.69) is 4.98 Å². The van der Waals surface area contributed by atoms with E-state index >= 15 is 0 Å². The van der Waals surface area contributed by atoms with Gasteiger partial charge in [0.15, 0.2) is 11.5 Å². The topological polar surface area (TPSA) is 66.6 Å². The van der Waals surface area contributed by atoms with E-state index in [1.807, 2.05) is 11.4 Å². The van der Waals surface area contributed by atoms with Crippen LogP contribution < -0.4 is 19.9 Å². The summed E-state index contributed by atoms with van der Waals surface area (Å²) in [5.74, 6) is 1.22. The van der Waals surface area contributed by atoms with Crippen LogP contribution in [0.4, 0.5) is 5.69 Å². The van der Waals surface area contributed by atoms with Gasteiger partial charge in [-0.2, -0.15) is 0 Å². The van der Waals surface area contributed by atoms with E-state index in [1.54, 1.807) is 27.4 Å². The molecule has 0 atom stereocenters. The third-order valence-corrected chi connectivity index (χ3v) is 3.29. The Morgan fingerprint density at radius 2 is 1.72 bits per heavy atom. The Morgan fingerprint density at radius 1 is 1.06 bits per heavy atom. The molecule has 1 aromatic carbocycles. The quantitative estimate of drug-likeness (QED) is 0.861. The van der Waals surface area contributed by atoms with Gasteiger partial charge in [-0.25, -0.2) is 4.98 Å². The lowest BCUT2D eigenvalue weighted by Crippen LogP contribution is -1.96. The van der Waals surface area contributed by atoms with Gasteiger partial charge in [-0.1, -0.05) is 11.3 Å². The normalized spacial score (nSPS) is 10.2. The summed E-state index contributed by atoms with van der Waals surface area (Å²) in [6, 6.07) is 3.53. The van der Waals surface area contributed by atoms with Crippen molar-refractivity contribution >= 4 is 17.0 Å². The second-order valence-corrected chi connectivity index (χ2v) is 4.32. The minimum atomic E-state index is 0.584. The van der Waals surface area contributed by atoms with Crippen LogP contribution in [0.3, 0.4) is 0 Å². The fourth-order valence-corrected chi connectivity index (χ4v) is 2.23. The highest BCUT2D eigenvalue weighted by molar-refractivity contribution is 7.11. The monoisotopic (exact) mass is 266 g/mol. The molecule has 0 fully saturated rings. The maximum atomic E-state index is 5.99. The lowest BCUT2D eigenvalue weighted by molar-refractivity contribution is 0.355. The SMILES string of the molecule is COc1nc(-c2cc(OC)c(OC)cc2N)cs1. The van der Waals surface area contributed by atoms with Crippen LogP contribution in [0.25, 0.3) is 11.3 Å². The summed E-state index contributed by atoms with van der Waals surface area (Å²) in [7, 11) is 4.74. The van der Waals surface area contributed by atoms with Crippen LogP contribution in [0.15, 0.2) is 17.5 Å². The Labute approximate surface area is 109 Å². The van der Waals surface area contributed by atoms with Crippen molar-refractivity contribution in [3.63, 3.8) is 0 Å². The first-order valence-electron chi connectivity index (χ1n) is 5.21. The second-order valence-electron chi connectivity index (χ2n) is 3.50. The van der Waals surface area contributed by atoms with Gasteiger partial charge in [-0.05, 0) is 6.07 Å². The number of anilines is 1. The Bertz CT molecular complexity index is 554. The van der Waals surface area contributed by atoms with Gasteiger partial charge in [0.05, 0.1) is 27.0 Å². The zero-order valence-electron chi connectivity index (χ0n) is 10.4. The molecule has 2 N–H and O–H groups in total. The molecule has 0 saturated carbocycles. The van der Waals surface area contributed by atoms with Crippen LogP contribution in [0.5, 0.6) is 16.7 Å². The summed E-state index contributed by atoms with van der Waals surface area (Å²) in [5, 5.41) is 2.48. The molecule has 0 aliphatic heterocycles. The summed E-state index contributed by atoms with van der Waals surface area (Å²) in [5.41, 5.74) is 8.13. The van der Waals surface area contributed by atoms with Crippen LogP contribution in [0.2, 0.25) is 0 Å². The van der Waals surface area contributed by atoms with E-state index in [1.165, 1.54) is 11.3 Å². The smallest absolute Gasteiger partial charge is 0.273 e. The van der Waals surface area contributed by atoms with Crippen molar-refractivity contribution < 1.29 is 14.2 Å². The summed E-state index contributed by atoms with van der Waals surface area (Å²) in [4.78, 5) is 4.31. The van der Waals surface area contributed by atoms with Crippen LogP contribution in [-0.2, 0) is 0 Å². The number of nitrogens with zero attached hydrogens (tertiary/aromatic N) is 1. The van der Waals surface area contributed by atoms with Crippen molar-refractivity contribution in [2.24, 2.45) is 0 Å². The first-order valence-corrected chi connectivity index (χ1v) is 6.09. The Balaban J connectivity index is 2.50. The molecular formula is C12H14N2O3S. The van der Waals surface area contributed by atoms with Gasteiger partial charge in [0, 0.05) is 22.7 Å². The highest BCUT2D eigenvalue weighted by Crippen LogP contribution is 2.38. The first-order chi connectivity index (χ1) is 8.69. The van der Waals surface area contributed by atoms with E-state index < -0.39 is 0 Å². The van der Waals surface area contributed by atoms with Crippen molar-refractivity contribution in [3.8, 4) is 28.0 Å². The number of methoxy groups -OCH3 is 3. The molecule has 0 amide bonds. The molecule has 1 aromatic heterocycles. The zero-order valence-corrected chi connectivity index (χ0v) is 11.2. The number of nitrogens with two attached hydrogens (primary N) is 1. The van der Waals surface area contributed by atoms with Gasteiger partial charge in [0.1, 0.15) is 0 Å². The van der Waals surface area contributed by atoms with Crippen molar-refractivity contribution in [2.75, 3.05) is 27.1 Å². The number of hydrogen-bond donors (Lipinski definition) is 1. The van der Waals surface area contributed by atoms with Crippen molar-refractivity contribution in [2.45, 2.75) is 0 Å². The lowest BCUT2D eigenvalue weighted by atomic mass is 10.1. The van der Waals surface area contributed by atoms with Crippen molar-refractivity contribution in [1.82, 2.24) is 4.98 Å². The van der Waals surface area contributed by atoms with E-state index in [4.69, 9.17) is 19.9 Å². The molecule has 0 aliphatic carbocycles. The molecule has 2 aromatic rings. The Hall–Kier alpha value is -1.95. The largest absolute Gasteiger partial charge is 0.493 e. The van der Waals surface area contributed by atoms with Gasteiger partial charge in [-0.15, -0.1) is 0 Å². The second kappa shape index (κ2) is 5.14. The van der Waals surface area contributed by atoms with Gasteiger partial charge in [-0.3, -0.25) is 0 Å². The van der Waals surface area contributed by atoms with Gasteiger partial charge < -0.3 is 19.9 Å². The van der Waals surface area contributed by atoms with E-state index in [0.29, 0.717) is 22.4 Å². The molecule has 96 valence electrons. The fraction of sp³-hybridized carbons (Fsp3) is 0.250. The van der Waals surface area contributed by atoms with E-state index in [0.717, 1.165) is 11.3 Å². The molecule has 0 bridgehead atoms. The van der Waals surface area contributed by atoms with Crippen LogP contribution in [0.1, 0.15) is 0 Å². The predicted octanol–water partition coefficient (Wildman–Crippen LogP) is 2.42. The molecule has 6 heteroatoms. The highest BCUT2D eigenvalue weighted by Gasteiger charge is 2.13.